The molecule has 0 aliphatic carbocycles. The fourth-order valence-corrected chi connectivity index (χ4v) is 4.60. The molecule has 0 unspecified atom stereocenters. The highest BCUT2D eigenvalue weighted by molar-refractivity contribution is 6.32. The van der Waals surface area contributed by atoms with Crippen LogP contribution in [0.15, 0.2) is 29.3 Å². The number of alkyl halides is 3. The van der Waals surface area contributed by atoms with Crippen molar-refractivity contribution in [2.24, 2.45) is 0 Å². The highest BCUT2D eigenvalue weighted by Gasteiger charge is 2.39. The molecular formula is C26H31F3N4O4. The first-order chi connectivity index (χ1) is 17.6. The number of carbonyl (C=O) groups excluding carboxylic acids is 3. The molecule has 1 saturated heterocycles. The van der Waals surface area contributed by atoms with Crippen LogP contribution >= 0.6 is 0 Å². The summed E-state index contributed by atoms with van der Waals surface area (Å²) in [5.74, 6) is -1.16. The van der Waals surface area contributed by atoms with Gasteiger partial charge in [-0.1, -0.05) is 6.42 Å². The Bertz CT molecular complexity index is 1100. The highest BCUT2D eigenvalue weighted by atomic mass is 19.4. The van der Waals surface area contributed by atoms with E-state index in [2.05, 4.69) is 4.90 Å². The number of halogens is 3. The molecule has 0 spiro atoms. The van der Waals surface area contributed by atoms with Crippen molar-refractivity contribution in [3.8, 4) is 6.07 Å². The number of carbonyl (C=O) groups is 3. The summed E-state index contributed by atoms with van der Waals surface area (Å²) >= 11 is 0. The number of methoxy groups -OCH3 is 1. The quantitative estimate of drug-likeness (QED) is 0.346. The molecule has 0 radical (unpaired) electrons. The minimum absolute atomic E-state index is 0.102. The average Bonchev–Trinajstić information content (AvgIpc) is 3.09. The van der Waals surface area contributed by atoms with Gasteiger partial charge in [0.2, 0.25) is 5.91 Å². The second-order valence-corrected chi connectivity index (χ2v) is 9.16. The number of rotatable bonds is 10. The Labute approximate surface area is 214 Å². The van der Waals surface area contributed by atoms with E-state index >= 15 is 0 Å². The minimum Gasteiger partial charge on any atom is -0.384 e. The van der Waals surface area contributed by atoms with E-state index in [1.807, 2.05) is 4.90 Å². The number of piperazine rings is 1. The number of amides is 3. The maximum atomic E-state index is 13.3. The summed E-state index contributed by atoms with van der Waals surface area (Å²) < 4.78 is 45.0. The predicted molar refractivity (Wildman–Crippen MR) is 129 cm³/mol. The molecule has 0 saturated carbocycles. The van der Waals surface area contributed by atoms with E-state index in [1.165, 1.54) is 19.1 Å². The van der Waals surface area contributed by atoms with Crippen LogP contribution in [0, 0.1) is 11.3 Å². The van der Waals surface area contributed by atoms with Crippen LogP contribution in [0.3, 0.4) is 0 Å². The Balaban J connectivity index is 1.49. The lowest BCUT2D eigenvalue weighted by Gasteiger charge is -2.34. The van der Waals surface area contributed by atoms with Crippen LogP contribution in [0.1, 0.15) is 50.2 Å². The molecule has 3 amide bonds. The molecule has 1 aromatic carbocycles. The molecule has 37 heavy (non-hydrogen) atoms. The first-order valence-electron chi connectivity index (χ1n) is 12.3. The predicted octanol–water partition coefficient (Wildman–Crippen LogP) is 3.51. The van der Waals surface area contributed by atoms with Crippen molar-refractivity contribution in [2.75, 3.05) is 51.3 Å². The standard InChI is InChI=1S/C26H31F3N4O4/c1-18-21(6-4-3-5-10-31-11-13-32(14-12-31)23(34)9-15-37-2)25(36)33(24(18)35)20-8-7-19(17-30)22(16-20)26(27,28)29/h7-8,16H,3-6,9-15H2,1-2H3. The van der Waals surface area contributed by atoms with Crippen molar-refractivity contribution in [3.05, 3.63) is 40.5 Å². The summed E-state index contributed by atoms with van der Waals surface area (Å²) in [4.78, 5) is 42.7. The van der Waals surface area contributed by atoms with E-state index in [-0.39, 0.29) is 17.2 Å². The minimum atomic E-state index is -4.79. The van der Waals surface area contributed by atoms with Crippen molar-refractivity contribution in [1.82, 2.24) is 9.80 Å². The maximum Gasteiger partial charge on any atom is 0.417 e. The number of hydrogen-bond acceptors (Lipinski definition) is 6. The monoisotopic (exact) mass is 520 g/mol. The van der Waals surface area contributed by atoms with Gasteiger partial charge in [-0.3, -0.25) is 19.3 Å². The number of anilines is 1. The van der Waals surface area contributed by atoms with Gasteiger partial charge in [-0.25, -0.2) is 4.90 Å². The Morgan fingerprint density at radius 3 is 2.41 bits per heavy atom. The fraction of sp³-hybridized carbons (Fsp3) is 0.538. The molecule has 1 aromatic rings. The third-order valence-corrected chi connectivity index (χ3v) is 6.77. The fourth-order valence-electron chi connectivity index (χ4n) is 4.60. The van der Waals surface area contributed by atoms with E-state index < -0.39 is 29.1 Å². The number of ether oxygens (including phenoxy) is 1. The Hall–Kier alpha value is -3.23. The van der Waals surface area contributed by atoms with Crippen LogP contribution in [0.2, 0.25) is 0 Å². The summed E-state index contributed by atoms with van der Waals surface area (Å²) in [5.41, 5.74) is -1.41. The molecule has 11 heteroatoms. The molecule has 2 aliphatic heterocycles. The zero-order chi connectivity index (χ0) is 27.2. The van der Waals surface area contributed by atoms with Crippen molar-refractivity contribution in [2.45, 2.75) is 45.2 Å². The van der Waals surface area contributed by atoms with Crippen LogP contribution in [0.4, 0.5) is 18.9 Å². The highest BCUT2D eigenvalue weighted by Crippen LogP contribution is 2.36. The van der Waals surface area contributed by atoms with Crippen LogP contribution in [0.25, 0.3) is 0 Å². The van der Waals surface area contributed by atoms with E-state index in [9.17, 15) is 27.6 Å². The molecule has 1 fully saturated rings. The summed E-state index contributed by atoms with van der Waals surface area (Å²) in [7, 11) is 1.57. The number of hydrogen-bond donors (Lipinski definition) is 0. The first-order valence-corrected chi connectivity index (χ1v) is 12.3. The lowest BCUT2D eigenvalue weighted by molar-refractivity contribution is -0.138. The summed E-state index contributed by atoms with van der Waals surface area (Å²) in [5, 5.41) is 8.98. The van der Waals surface area contributed by atoms with Crippen molar-refractivity contribution < 1.29 is 32.3 Å². The van der Waals surface area contributed by atoms with Crippen molar-refractivity contribution in [3.63, 3.8) is 0 Å². The lowest BCUT2D eigenvalue weighted by atomic mass is 10.0. The number of imide groups is 1. The Kier molecular flexibility index (Phi) is 9.45. The van der Waals surface area contributed by atoms with Crippen molar-refractivity contribution in [1.29, 1.82) is 5.26 Å². The SMILES string of the molecule is COCCC(=O)N1CCN(CCCCCC2=C(C)C(=O)N(c3ccc(C#N)c(C(F)(F)F)c3)C2=O)CC1. The van der Waals surface area contributed by atoms with Crippen LogP contribution in [0.5, 0.6) is 0 Å². The van der Waals surface area contributed by atoms with Gasteiger partial charge in [0, 0.05) is 44.4 Å². The van der Waals surface area contributed by atoms with Crippen LogP contribution in [-0.4, -0.2) is 74.0 Å². The average molecular weight is 521 g/mol. The summed E-state index contributed by atoms with van der Waals surface area (Å²) in [6.45, 7) is 5.77. The third-order valence-electron chi connectivity index (χ3n) is 6.77. The Morgan fingerprint density at radius 1 is 1.08 bits per heavy atom. The second kappa shape index (κ2) is 12.3. The molecule has 200 valence electrons. The van der Waals surface area contributed by atoms with Gasteiger partial charge in [0.1, 0.15) is 0 Å². The molecule has 2 heterocycles. The van der Waals surface area contributed by atoms with E-state index in [4.69, 9.17) is 10.00 Å². The molecule has 2 aliphatic rings. The second-order valence-electron chi connectivity index (χ2n) is 9.16. The van der Waals surface area contributed by atoms with Gasteiger partial charge in [0.25, 0.3) is 11.8 Å². The van der Waals surface area contributed by atoms with Gasteiger partial charge in [-0.2, -0.15) is 18.4 Å². The molecule has 0 N–H and O–H groups in total. The summed E-state index contributed by atoms with van der Waals surface area (Å²) in [6, 6.07) is 4.33. The van der Waals surface area contributed by atoms with E-state index in [0.717, 1.165) is 43.4 Å². The third kappa shape index (κ3) is 6.76. The maximum absolute atomic E-state index is 13.3. The number of nitriles is 1. The van der Waals surface area contributed by atoms with Gasteiger partial charge in [0.05, 0.1) is 35.9 Å². The van der Waals surface area contributed by atoms with Gasteiger partial charge in [-0.05, 0) is 50.9 Å². The van der Waals surface area contributed by atoms with Crippen LogP contribution < -0.4 is 4.90 Å². The van der Waals surface area contributed by atoms with Crippen molar-refractivity contribution >= 4 is 23.4 Å². The number of nitrogens with zero attached hydrogens (tertiary/aromatic N) is 4. The summed E-state index contributed by atoms with van der Waals surface area (Å²) in [6.07, 6.45) is -1.67. The topological polar surface area (TPSA) is 93.9 Å². The number of benzene rings is 1. The molecular weight excluding hydrogens is 489 g/mol. The van der Waals surface area contributed by atoms with Gasteiger partial charge in [-0.15, -0.1) is 0 Å². The lowest BCUT2D eigenvalue weighted by Crippen LogP contribution is -2.49. The van der Waals surface area contributed by atoms with E-state index in [0.29, 0.717) is 50.6 Å². The Morgan fingerprint density at radius 2 is 1.78 bits per heavy atom. The first kappa shape index (κ1) is 28.3. The molecule has 0 atom stereocenters. The van der Waals surface area contributed by atoms with Gasteiger partial charge >= 0.3 is 6.18 Å². The van der Waals surface area contributed by atoms with Gasteiger partial charge in [0.15, 0.2) is 0 Å². The number of unbranched alkanes of at least 4 members (excludes halogenated alkanes) is 2. The van der Waals surface area contributed by atoms with E-state index in [1.54, 1.807) is 7.11 Å². The zero-order valence-corrected chi connectivity index (χ0v) is 21.1. The van der Waals surface area contributed by atoms with Crippen LogP contribution in [-0.2, 0) is 25.3 Å². The largest absolute Gasteiger partial charge is 0.417 e. The normalized spacial score (nSPS) is 17.1. The molecule has 8 nitrogen and oxygen atoms in total. The zero-order valence-electron chi connectivity index (χ0n) is 21.1. The van der Waals surface area contributed by atoms with Gasteiger partial charge < -0.3 is 9.64 Å². The molecule has 0 aromatic heterocycles. The molecule has 3 rings (SSSR count). The molecule has 0 bridgehead atoms. The smallest absolute Gasteiger partial charge is 0.384 e.